The van der Waals surface area contributed by atoms with Gasteiger partial charge < -0.3 is 4.90 Å². The molecule has 0 aromatic carbocycles. The van der Waals surface area contributed by atoms with Gasteiger partial charge in [-0.1, -0.05) is 0 Å². The standard InChI is InChI=1S/C16H17N7/c1-3-13(11-22(7-1)16-19-4-2-5-20-16)14-9-18-10-15(21-14)23-8-6-17-12-23/h2,4-6,8-10,12-13H,1,3,7,11H2/t13-/m0/s1. The molecular weight excluding hydrogens is 290 g/mol. The summed E-state index contributed by atoms with van der Waals surface area (Å²) in [6.45, 7) is 1.85. The van der Waals surface area contributed by atoms with Gasteiger partial charge in [-0.3, -0.25) is 9.55 Å². The Bertz CT molecular complexity index is 757. The summed E-state index contributed by atoms with van der Waals surface area (Å²) in [6, 6.07) is 1.84. The number of hydrogen-bond acceptors (Lipinski definition) is 6. The van der Waals surface area contributed by atoms with E-state index < -0.39 is 0 Å². The molecule has 3 aromatic rings. The number of imidazole rings is 1. The van der Waals surface area contributed by atoms with Crippen LogP contribution >= 0.6 is 0 Å². The molecule has 0 N–H and O–H groups in total. The summed E-state index contributed by atoms with van der Waals surface area (Å²) in [5, 5.41) is 0. The van der Waals surface area contributed by atoms with Crippen LogP contribution in [0.15, 0.2) is 49.6 Å². The van der Waals surface area contributed by atoms with E-state index in [1.54, 1.807) is 31.1 Å². The average Bonchev–Trinajstić information content (AvgIpc) is 3.18. The molecule has 0 radical (unpaired) electrons. The Labute approximate surface area is 134 Å². The van der Waals surface area contributed by atoms with Gasteiger partial charge in [-0.2, -0.15) is 0 Å². The molecule has 1 aliphatic heterocycles. The van der Waals surface area contributed by atoms with E-state index >= 15 is 0 Å². The highest BCUT2D eigenvalue weighted by atomic mass is 15.3. The number of nitrogens with zero attached hydrogens (tertiary/aromatic N) is 7. The summed E-state index contributed by atoms with van der Waals surface area (Å²) < 4.78 is 1.87. The molecule has 0 bridgehead atoms. The molecule has 1 saturated heterocycles. The fraction of sp³-hybridized carbons (Fsp3) is 0.312. The molecule has 0 spiro atoms. The fourth-order valence-electron chi connectivity index (χ4n) is 2.94. The molecule has 4 heterocycles. The number of aromatic nitrogens is 6. The van der Waals surface area contributed by atoms with Crippen LogP contribution in [-0.2, 0) is 0 Å². The van der Waals surface area contributed by atoms with Crippen molar-refractivity contribution >= 4 is 5.95 Å². The lowest BCUT2D eigenvalue weighted by atomic mass is 9.95. The Morgan fingerprint density at radius 2 is 1.96 bits per heavy atom. The van der Waals surface area contributed by atoms with Crippen LogP contribution in [0, 0.1) is 0 Å². The van der Waals surface area contributed by atoms with Crippen LogP contribution in [0.4, 0.5) is 5.95 Å². The van der Waals surface area contributed by atoms with Gasteiger partial charge in [-0.15, -0.1) is 0 Å². The lowest BCUT2D eigenvalue weighted by molar-refractivity contribution is 0.493. The summed E-state index contributed by atoms with van der Waals surface area (Å²) >= 11 is 0. The maximum atomic E-state index is 4.76. The van der Waals surface area contributed by atoms with E-state index in [0.29, 0.717) is 5.92 Å². The summed E-state index contributed by atoms with van der Waals surface area (Å²) in [5.41, 5.74) is 1.01. The first kappa shape index (κ1) is 13.8. The highest BCUT2D eigenvalue weighted by Crippen LogP contribution is 2.27. The molecule has 7 nitrogen and oxygen atoms in total. The second kappa shape index (κ2) is 6.12. The molecule has 0 unspecified atom stereocenters. The van der Waals surface area contributed by atoms with Crippen LogP contribution in [-0.4, -0.2) is 42.6 Å². The monoisotopic (exact) mass is 307 g/mol. The average molecular weight is 307 g/mol. The van der Waals surface area contributed by atoms with E-state index in [-0.39, 0.29) is 0 Å². The minimum atomic E-state index is 0.337. The topological polar surface area (TPSA) is 72.6 Å². The van der Waals surface area contributed by atoms with Crippen LogP contribution in [0.1, 0.15) is 24.5 Å². The van der Waals surface area contributed by atoms with Gasteiger partial charge >= 0.3 is 0 Å². The Balaban J connectivity index is 1.57. The number of rotatable bonds is 3. The van der Waals surface area contributed by atoms with Crippen molar-refractivity contribution in [1.82, 2.24) is 29.5 Å². The van der Waals surface area contributed by atoms with E-state index in [4.69, 9.17) is 4.98 Å². The molecule has 0 saturated carbocycles. The molecule has 1 fully saturated rings. The van der Waals surface area contributed by atoms with Gasteiger partial charge in [0.1, 0.15) is 6.33 Å². The number of anilines is 1. The minimum absolute atomic E-state index is 0.337. The fourth-order valence-corrected chi connectivity index (χ4v) is 2.94. The van der Waals surface area contributed by atoms with Gasteiger partial charge in [0.15, 0.2) is 5.82 Å². The molecule has 1 aliphatic rings. The first-order valence-corrected chi connectivity index (χ1v) is 7.72. The van der Waals surface area contributed by atoms with Gasteiger partial charge in [0.05, 0.1) is 11.9 Å². The van der Waals surface area contributed by atoms with E-state index in [2.05, 4.69) is 24.8 Å². The molecule has 4 rings (SSSR count). The van der Waals surface area contributed by atoms with Crippen molar-refractivity contribution in [1.29, 1.82) is 0 Å². The smallest absolute Gasteiger partial charge is 0.225 e. The van der Waals surface area contributed by atoms with E-state index in [1.807, 2.05) is 23.0 Å². The van der Waals surface area contributed by atoms with Crippen molar-refractivity contribution in [2.24, 2.45) is 0 Å². The molecule has 3 aromatic heterocycles. The maximum Gasteiger partial charge on any atom is 0.225 e. The van der Waals surface area contributed by atoms with Gasteiger partial charge in [-0.05, 0) is 18.9 Å². The highest BCUT2D eigenvalue weighted by Gasteiger charge is 2.24. The van der Waals surface area contributed by atoms with E-state index in [1.165, 1.54) is 0 Å². The van der Waals surface area contributed by atoms with Crippen molar-refractivity contribution in [2.75, 3.05) is 18.0 Å². The van der Waals surface area contributed by atoms with Gasteiger partial charge in [0, 0.05) is 50.0 Å². The zero-order valence-electron chi connectivity index (χ0n) is 12.7. The molecule has 0 aliphatic carbocycles. The third-order valence-corrected chi connectivity index (χ3v) is 4.08. The first-order chi connectivity index (χ1) is 11.4. The first-order valence-electron chi connectivity index (χ1n) is 7.72. The predicted octanol–water partition coefficient (Wildman–Crippen LogP) is 1.84. The van der Waals surface area contributed by atoms with Crippen LogP contribution in [0.5, 0.6) is 0 Å². The molecule has 23 heavy (non-hydrogen) atoms. The van der Waals surface area contributed by atoms with Crippen molar-refractivity contribution in [3.63, 3.8) is 0 Å². The van der Waals surface area contributed by atoms with Crippen molar-refractivity contribution in [3.8, 4) is 5.82 Å². The Kier molecular flexibility index (Phi) is 3.67. The maximum absolute atomic E-state index is 4.76. The largest absolute Gasteiger partial charge is 0.340 e. The summed E-state index contributed by atoms with van der Waals surface area (Å²) in [4.78, 5) is 24.1. The summed E-state index contributed by atoms with van der Waals surface area (Å²) in [5.74, 6) is 1.92. The van der Waals surface area contributed by atoms with Crippen LogP contribution in [0.3, 0.4) is 0 Å². The zero-order valence-corrected chi connectivity index (χ0v) is 12.7. The SMILES string of the molecule is c1cnc(N2CCC[C@H](c3cncc(-n4ccnc4)n3)C2)nc1. The highest BCUT2D eigenvalue weighted by molar-refractivity contribution is 5.31. The van der Waals surface area contributed by atoms with Crippen LogP contribution in [0.25, 0.3) is 5.82 Å². The molecule has 7 heteroatoms. The van der Waals surface area contributed by atoms with Crippen LogP contribution in [0.2, 0.25) is 0 Å². The molecule has 0 amide bonds. The second-order valence-electron chi connectivity index (χ2n) is 5.61. The van der Waals surface area contributed by atoms with Gasteiger partial charge in [-0.25, -0.2) is 19.9 Å². The lowest BCUT2D eigenvalue weighted by Gasteiger charge is -2.32. The molecule has 116 valence electrons. The summed E-state index contributed by atoms with van der Waals surface area (Å²) in [6.07, 6.45) is 14.7. The van der Waals surface area contributed by atoms with Crippen molar-refractivity contribution in [3.05, 3.63) is 55.3 Å². The van der Waals surface area contributed by atoms with Crippen molar-refractivity contribution < 1.29 is 0 Å². The van der Waals surface area contributed by atoms with E-state index in [0.717, 1.165) is 43.4 Å². The number of hydrogen-bond donors (Lipinski definition) is 0. The third kappa shape index (κ3) is 2.90. The van der Waals surface area contributed by atoms with E-state index in [9.17, 15) is 0 Å². The normalized spacial score (nSPS) is 18.1. The van der Waals surface area contributed by atoms with Gasteiger partial charge in [0.25, 0.3) is 0 Å². The molecular formula is C16H17N7. The van der Waals surface area contributed by atoms with Crippen LogP contribution < -0.4 is 4.90 Å². The minimum Gasteiger partial charge on any atom is -0.340 e. The zero-order chi connectivity index (χ0) is 15.5. The second-order valence-corrected chi connectivity index (χ2v) is 5.61. The third-order valence-electron chi connectivity index (χ3n) is 4.08. The quantitative estimate of drug-likeness (QED) is 0.735. The van der Waals surface area contributed by atoms with Crippen molar-refractivity contribution in [2.45, 2.75) is 18.8 Å². The predicted molar refractivity (Wildman–Crippen MR) is 85.4 cm³/mol. The number of piperidine rings is 1. The Morgan fingerprint density at radius 1 is 1.04 bits per heavy atom. The van der Waals surface area contributed by atoms with Gasteiger partial charge in [0.2, 0.25) is 5.95 Å². The Morgan fingerprint density at radius 3 is 2.78 bits per heavy atom. The lowest BCUT2D eigenvalue weighted by Crippen LogP contribution is -2.35. The molecule has 1 atom stereocenters. The summed E-state index contributed by atoms with van der Waals surface area (Å²) in [7, 11) is 0. The Hall–Kier alpha value is -2.83.